The number of hydrogen-bond donors (Lipinski definition) is 1. The van der Waals surface area contributed by atoms with E-state index < -0.39 is 8.07 Å². The third-order valence-corrected chi connectivity index (χ3v) is 9.28. The molecule has 8 nitrogen and oxygen atoms in total. The summed E-state index contributed by atoms with van der Waals surface area (Å²) in [6.45, 7) is 11.0. The molecule has 0 bridgehead atoms. The summed E-state index contributed by atoms with van der Waals surface area (Å²) >= 11 is 0. The SMILES string of the molecule is CCN1C(=O)c2cnc3[nH]ccc3c2N([C@H]2CC[C@H](C(OC)OC)CC2)C1COCC[Si](C)(C)C. The van der Waals surface area contributed by atoms with Crippen molar-refractivity contribution in [2.24, 2.45) is 5.92 Å². The number of anilines is 1. The first-order chi connectivity index (χ1) is 16.8. The summed E-state index contributed by atoms with van der Waals surface area (Å²) in [5, 5.41) is 1.01. The van der Waals surface area contributed by atoms with E-state index in [1.54, 1.807) is 20.4 Å². The monoisotopic (exact) mass is 502 g/mol. The Morgan fingerprint density at radius 1 is 1.17 bits per heavy atom. The number of methoxy groups -OCH3 is 2. The highest BCUT2D eigenvalue weighted by molar-refractivity contribution is 6.76. The van der Waals surface area contributed by atoms with Gasteiger partial charge in [-0.1, -0.05) is 19.6 Å². The number of aromatic amines is 1. The van der Waals surface area contributed by atoms with Crippen molar-refractivity contribution in [2.45, 2.75) is 76.8 Å². The Labute approximate surface area is 210 Å². The van der Waals surface area contributed by atoms with E-state index in [1.165, 1.54) is 0 Å². The van der Waals surface area contributed by atoms with Crippen LogP contribution in [0.4, 0.5) is 5.69 Å². The number of carbonyl (C=O) groups excluding carboxylic acids is 1. The van der Waals surface area contributed by atoms with Crippen molar-refractivity contribution in [3.8, 4) is 0 Å². The molecule has 1 aliphatic carbocycles. The molecule has 2 aromatic heterocycles. The number of pyridine rings is 1. The number of H-pyrrole nitrogens is 1. The molecule has 0 spiro atoms. The van der Waals surface area contributed by atoms with Crippen LogP contribution in [-0.2, 0) is 14.2 Å². The summed E-state index contributed by atoms with van der Waals surface area (Å²) in [6.07, 6.45) is 7.42. The fraction of sp³-hybridized carbons (Fsp3) is 0.692. The van der Waals surface area contributed by atoms with Gasteiger partial charge in [0, 0.05) is 65.2 Å². The van der Waals surface area contributed by atoms with Crippen LogP contribution in [-0.4, -0.2) is 81.3 Å². The second-order valence-electron chi connectivity index (χ2n) is 11.0. The van der Waals surface area contributed by atoms with E-state index in [2.05, 4.69) is 41.4 Å². The van der Waals surface area contributed by atoms with Crippen molar-refractivity contribution in [3.05, 3.63) is 24.0 Å². The van der Waals surface area contributed by atoms with Crippen molar-refractivity contribution in [1.82, 2.24) is 14.9 Å². The van der Waals surface area contributed by atoms with Gasteiger partial charge in [-0.3, -0.25) is 4.79 Å². The predicted molar refractivity (Wildman–Crippen MR) is 142 cm³/mol. The molecule has 1 atom stereocenters. The van der Waals surface area contributed by atoms with Gasteiger partial charge in [-0.15, -0.1) is 0 Å². The first-order valence-corrected chi connectivity index (χ1v) is 16.7. The summed E-state index contributed by atoms with van der Waals surface area (Å²) in [7, 11) is 2.24. The molecule has 1 unspecified atom stereocenters. The normalized spacial score (nSPS) is 23.4. The van der Waals surface area contributed by atoms with Gasteiger partial charge in [0.25, 0.3) is 5.91 Å². The molecule has 0 radical (unpaired) electrons. The van der Waals surface area contributed by atoms with Gasteiger partial charge in [0.15, 0.2) is 6.29 Å². The molecule has 3 heterocycles. The number of hydrogen-bond acceptors (Lipinski definition) is 6. The first-order valence-electron chi connectivity index (χ1n) is 13.0. The highest BCUT2D eigenvalue weighted by Crippen LogP contribution is 2.42. The number of ether oxygens (including phenoxy) is 3. The van der Waals surface area contributed by atoms with Crippen LogP contribution < -0.4 is 4.90 Å². The average Bonchev–Trinajstić information content (AvgIpc) is 3.32. The van der Waals surface area contributed by atoms with E-state index in [4.69, 9.17) is 14.2 Å². The van der Waals surface area contributed by atoms with E-state index in [9.17, 15) is 4.79 Å². The molecule has 0 aromatic carbocycles. The molecular weight excluding hydrogens is 460 g/mol. The average molecular weight is 503 g/mol. The molecule has 1 fully saturated rings. The Hall–Kier alpha value is -1.94. The lowest BCUT2D eigenvalue weighted by atomic mass is 9.83. The van der Waals surface area contributed by atoms with Gasteiger partial charge in [0.1, 0.15) is 11.8 Å². The number of aromatic nitrogens is 2. The minimum absolute atomic E-state index is 0.0423. The molecule has 9 heteroatoms. The van der Waals surface area contributed by atoms with Crippen LogP contribution in [0.3, 0.4) is 0 Å². The van der Waals surface area contributed by atoms with Gasteiger partial charge in [-0.25, -0.2) is 4.98 Å². The van der Waals surface area contributed by atoms with Gasteiger partial charge in [0.05, 0.1) is 17.9 Å². The molecule has 4 rings (SSSR count). The van der Waals surface area contributed by atoms with Gasteiger partial charge in [-0.2, -0.15) is 0 Å². The van der Waals surface area contributed by atoms with Crippen LogP contribution in [0.2, 0.25) is 25.7 Å². The summed E-state index contributed by atoms with van der Waals surface area (Å²) < 4.78 is 17.4. The molecule has 35 heavy (non-hydrogen) atoms. The molecule has 1 amide bonds. The molecule has 194 valence electrons. The summed E-state index contributed by atoms with van der Waals surface area (Å²) in [5.41, 5.74) is 2.51. The van der Waals surface area contributed by atoms with Crippen LogP contribution in [0.25, 0.3) is 11.0 Å². The third kappa shape index (κ3) is 5.43. The number of fused-ring (bicyclic) bond motifs is 3. The Balaban J connectivity index is 1.67. The van der Waals surface area contributed by atoms with E-state index in [-0.39, 0.29) is 18.4 Å². The summed E-state index contributed by atoms with van der Waals surface area (Å²) in [6, 6.07) is 3.46. The minimum atomic E-state index is -1.20. The maximum absolute atomic E-state index is 13.6. The standard InChI is InChI=1S/C26H42N4O4Si/c1-7-29-22(17-34-14-15-35(4,5)6)30(19-10-8-18(9-11-19)26(32-2)33-3)23-20-12-13-27-24(20)28-16-21(23)25(29)31/h12-13,16,18-19,22,26H,7-11,14-15,17H2,1-6H3,(H,27,28)/t18-,19-,22?. The molecule has 2 aromatic rings. The van der Waals surface area contributed by atoms with E-state index in [1.807, 2.05) is 17.2 Å². The van der Waals surface area contributed by atoms with Crippen molar-refractivity contribution in [3.63, 3.8) is 0 Å². The van der Waals surface area contributed by atoms with Gasteiger partial charge in [-0.05, 0) is 44.7 Å². The van der Waals surface area contributed by atoms with Crippen LogP contribution >= 0.6 is 0 Å². The molecule has 0 saturated heterocycles. The number of nitrogens with zero attached hydrogens (tertiary/aromatic N) is 3. The summed E-state index contributed by atoms with van der Waals surface area (Å²) in [4.78, 5) is 25.9. The lowest BCUT2D eigenvalue weighted by Crippen LogP contribution is -2.61. The largest absolute Gasteiger partial charge is 0.378 e. The van der Waals surface area contributed by atoms with Crippen molar-refractivity contribution >= 4 is 30.7 Å². The van der Waals surface area contributed by atoms with E-state index in [0.29, 0.717) is 30.7 Å². The molecular formula is C26H42N4O4Si. The van der Waals surface area contributed by atoms with Crippen molar-refractivity contribution < 1.29 is 19.0 Å². The van der Waals surface area contributed by atoms with Crippen LogP contribution in [0.1, 0.15) is 43.0 Å². The highest BCUT2D eigenvalue weighted by atomic mass is 28.3. The van der Waals surface area contributed by atoms with E-state index >= 15 is 0 Å². The molecule has 2 aliphatic rings. The zero-order valence-corrected chi connectivity index (χ0v) is 23.2. The van der Waals surface area contributed by atoms with E-state index in [0.717, 1.165) is 55.1 Å². The van der Waals surface area contributed by atoms with Crippen molar-refractivity contribution in [1.29, 1.82) is 0 Å². The number of nitrogens with one attached hydrogen (secondary N) is 1. The molecule has 1 N–H and O–H groups in total. The number of amides is 1. The van der Waals surface area contributed by atoms with Crippen molar-refractivity contribution in [2.75, 3.05) is 38.9 Å². The predicted octanol–water partition coefficient (Wildman–Crippen LogP) is 4.70. The van der Waals surface area contributed by atoms with Crippen LogP contribution in [0, 0.1) is 5.92 Å². The van der Waals surface area contributed by atoms with Crippen LogP contribution in [0.15, 0.2) is 18.5 Å². The smallest absolute Gasteiger partial charge is 0.259 e. The zero-order valence-electron chi connectivity index (χ0n) is 22.2. The number of rotatable bonds is 10. The lowest BCUT2D eigenvalue weighted by molar-refractivity contribution is -0.144. The second-order valence-corrected chi connectivity index (χ2v) is 16.7. The Bertz CT molecular complexity index is 995. The maximum atomic E-state index is 13.6. The Morgan fingerprint density at radius 2 is 1.89 bits per heavy atom. The minimum Gasteiger partial charge on any atom is -0.378 e. The molecule has 1 saturated carbocycles. The first kappa shape index (κ1) is 26.1. The lowest BCUT2D eigenvalue weighted by Gasteiger charge is -2.50. The Kier molecular flexibility index (Phi) is 8.20. The highest BCUT2D eigenvalue weighted by Gasteiger charge is 2.43. The fourth-order valence-electron chi connectivity index (χ4n) is 5.67. The fourth-order valence-corrected chi connectivity index (χ4v) is 6.43. The topological polar surface area (TPSA) is 79.9 Å². The summed E-state index contributed by atoms with van der Waals surface area (Å²) in [5.74, 6) is 0.422. The van der Waals surface area contributed by atoms with Gasteiger partial charge < -0.3 is 29.0 Å². The molecule has 1 aliphatic heterocycles. The zero-order chi connectivity index (χ0) is 25.2. The quantitative estimate of drug-likeness (QED) is 0.288. The Morgan fingerprint density at radius 3 is 2.51 bits per heavy atom. The van der Waals surface area contributed by atoms with Gasteiger partial charge >= 0.3 is 0 Å². The number of carbonyl (C=O) groups is 1. The maximum Gasteiger partial charge on any atom is 0.259 e. The van der Waals surface area contributed by atoms with Crippen LogP contribution in [0.5, 0.6) is 0 Å². The second kappa shape index (κ2) is 11.0. The third-order valence-electron chi connectivity index (χ3n) is 7.58. The number of likely N-dealkylation sites (N-methyl/N-ethyl adjacent to an activating group) is 1. The van der Waals surface area contributed by atoms with Gasteiger partial charge in [0.2, 0.25) is 0 Å².